The first-order chi connectivity index (χ1) is 16.3. The number of halogens is 1. The molecule has 0 bridgehead atoms. The summed E-state index contributed by atoms with van der Waals surface area (Å²) in [7, 11) is -2.74. The van der Waals surface area contributed by atoms with Crippen LogP contribution in [0.3, 0.4) is 0 Å². The summed E-state index contributed by atoms with van der Waals surface area (Å²) in [5.74, 6) is -0.0262. The second kappa shape index (κ2) is 10.4. The summed E-state index contributed by atoms with van der Waals surface area (Å²) >= 11 is 2.14. The molecule has 3 aromatic rings. The minimum Gasteiger partial charge on any atom is -0.468 e. The Morgan fingerprint density at radius 3 is 2.79 bits per heavy atom. The number of methoxy groups -OCH3 is 1. The highest BCUT2D eigenvalue weighted by molar-refractivity contribution is 14.1. The van der Waals surface area contributed by atoms with Crippen LogP contribution in [-0.2, 0) is 23.4 Å². The van der Waals surface area contributed by atoms with Crippen molar-refractivity contribution in [2.24, 2.45) is 0 Å². The van der Waals surface area contributed by atoms with E-state index < -0.39 is 32.1 Å². The van der Waals surface area contributed by atoms with E-state index >= 15 is 0 Å². The summed E-state index contributed by atoms with van der Waals surface area (Å²) in [6.07, 6.45) is 5.39. The van der Waals surface area contributed by atoms with Gasteiger partial charge in [0.15, 0.2) is 17.7 Å². The van der Waals surface area contributed by atoms with Crippen molar-refractivity contribution in [2.75, 3.05) is 19.5 Å². The minimum atomic E-state index is -3.98. The van der Waals surface area contributed by atoms with E-state index in [1.54, 1.807) is 47.3 Å². The van der Waals surface area contributed by atoms with E-state index in [2.05, 4.69) is 42.6 Å². The molecule has 0 amide bonds. The van der Waals surface area contributed by atoms with Gasteiger partial charge in [0.1, 0.15) is 29.7 Å². The zero-order chi connectivity index (χ0) is 24.3. The average Bonchev–Trinajstić information content (AvgIpc) is 3.46. The van der Waals surface area contributed by atoms with Gasteiger partial charge in [0.05, 0.1) is 20.0 Å². The van der Waals surface area contributed by atoms with Crippen molar-refractivity contribution in [1.82, 2.24) is 24.6 Å². The molecule has 34 heavy (non-hydrogen) atoms. The van der Waals surface area contributed by atoms with Crippen molar-refractivity contribution in [3.63, 3.8) is 0 Å². The minimum absolute atomic E-state index is 0.112. The molecule has 0 spiro atoms. The number of benzene rings is 1. The van der Waals surface area contributed by atoms with Gasteiger partial charge in [0.2, 0.25) is 0 Å². The number of fused-ring (bicyclic) bond motifs is 1. The number of esters is 1. The highest BCUT2D eigenvalue weighted by Crippen LogP contribution is 2.45. The molecule has 180 valence electrons. The van der Waals surface area contributed by atoms with Gasteiger partial charge < -0.3 is 19.7 Å². The molecule has 1 aliphatic rings. The van der Waals surface area contributed by atoms with Gasteiger partial charge in [0, 0.05) is 3.57 Å². The molecule has 12 nitrogen and oxygen atoms in total. The van der Waals surface area contributed by atoms with Gasteiger partial charge in [-0.15, -0.1) is 0 Å². The Morgan fingerprint density at radius 2 is 2.06 bits per heavy atom. The Hall–Kier alpha value is -2.58. The molecular weight excluding hydrogens is 578 g/mol. The van der Waals surface area contributed by atoms with Crippen molar-refractivity contribution >= 4 is 53.3 Å². The number of carbonyl (C=O) groups excluding carboxylic acids is 1. The Labute approximate surface area is 208 Å². The summed E-state index contributed by atoms with van der Waals surface area (Å²) in [6.45, 7) is 1.39. The fourth-order valence-electron chi connectivity index (χ4n) is 3.16. The molecule has 0 saturated carbocycles. The van der Waals surface area contributed by atoms with E-state index in [9.17, 15) is 9.36 Å². The molecule has 2 aromatic heterocycles. The zero-order valence-electron chi connectivity index (χ0n) is 18.2. The largest absolute Gasteiger partial charge is 0.468 e. The molecule has 0 radical (unpaired) electrons. The van der Waals surface area contributed by atoms with Gasteiger partial charge in [-0.05, 0) is 59.9 Å². The normalized spacial score (nSPS) is 20.2. The predicted octanol–water partition coefficient (Wildman–Crippen LogP) is 2.82. The van der Waals surface area contributed by atoms with Gasteiger partial charge in [-0.3, -0.25) is 13.9 Å². The number of nitrogens with two attached hydrogens (primary N) is 1. The second-order valence-corrected chi connectivity index (χ2v) is 10.2. The van der Waals surface area contributed by atoms with Crippen LogP contribution < -0.4 is 15.3 Å². The number of carbonyl (C=O) groups is 1. The number of imidazole rings is 1. The van der Waals surface area contributed by atoms with E-state index in [1.165, 1.54) is 20.4 Å². The Morgan fingerprint density at radius 1 is 1.29 bits per heavy atom. The molecule has 1 aliphatic heterocycles. The molecule has 4 rings (SSSR count). The summed E-state index contributed by atoms with van der Waals surface area (Å²) in [5.41, 5.74) is 6.83. The highest BCUT2D eigenvalue weighted by Gasteiger charge is 2.34. The lowest BCUT2D eigenvalue weighted by Crippen LogP contribution is -2.35. The van der Waals surface area contributed by atoms with E-state index in [1.807, 2.05) is 0 Å². The van der Waals surface area contributed by atoms with E-state index in [0.717, 1.165) is 3.57 Å². The van der Waals surface area contributed by atoms with Gasteiger partial charge in [-0.25, -0.2) is 19.5 Å². The number of anilines is 1. The first-order valence-corrected chi connectivity index (χ1v) is 12.7. The van der Waals surface area contributed by atoms with Crippen LogP contribution in [0.5, 0.6) is 5.75 Å². The summed E-state index contributed by atoms with van der Waals surface area (Å²) < 4.78 is 38.1. The van der Waals surface area contributed by atoms with Crippen LogP contribution in [-0.4, -0.2) is 51.4 Å². The van der Waals surface area contributed by atoms with Gasteiger partial charge in [-0.2, -0.15) is 5.09 Å². The molecule has 3 N–H and O–H groups in total. The summed E-state index contributed by atoms with van der Waals surface area (Å²) in [6, 6.07) is 5.96. The highest BCUT2D eigenvalue weighted by atomic mass is 127. The fraction of sp³-hybridized carbons (Fsp3) is 0.300. The van der Waals surface area contributed by atoms with E-state index in [-0.39, 0.29) is 12.4 Å². The number of ether oxygens (including phenoxy) is 2. The van der Waals surface area contributed by atoms with Crippen molar-refractivity contribution in [3.05, 3.63) is 52.6 Å². The van der Waals surface area contributed by atoms with Crippen LogP contribution in [0, 0.1) is 3.57 Å². The number of rotatable bonds is 9. The summed E-state index contributed by atoms with van der Waals surface area (Å²) in [5, 5.41) is 2.61. The SMILES string of the molecule is COC(=O)C(C)NP(=O)(OC[C@@H]1C=C[C@H](n2cnc3c(N)ncnc32)O1)Oc1ccc(I)cc1. The quantitative estimate of drug-likeness (QED) is 0.161. The molecule has 2 unspecified atom stereocenters. The van der Waals surface area contributed by atoms with Crippen molar-refractivity contribution in [2.45, 2.75) is 25.3 Å². The number of hydrogen-bond donors (Lipinski definition) is 2. The Bertz CT molecular complexity index is 1250. The third-order valence-corrected chi connectivity index (χ3v) is 7.18. The predicted molar refractivity (Wildman–Crippen MR) is 131 cm³/mol. The first-order valence-electron chi connectivity index (χ1n) is 10.1. The van der Waals surface area contributed by atoms with E-state index in [4.69, 9.17) is 24.3 Å². The summed E-state index contributed by atoms with van der Waals surface area (Å²) in [4.78, 5) is 24.2. The third kappa shape index (κ3) is 5.55. The number of nitrogens with zero attached hydrogens (tertiary/aromatic N) is 4. The van der Waals surface area contributed by atoms with Crippen LogP contribution in [0.15, 0.2) is 49.1 Å². The monoisotopic (exact) mass is 600 g/mol. The van der Waals surface area contributed by atoms with Gasteiger partial charge in [-0.1, -0.05) is 6.08 Å². The lowest BCUT2D eigenvalue weighted by Gasteiger charge is -2.24. The van der Waals surface area contributed by atoms with Crippen LogP contribution in [0.25, 0.3) is 11.2 Å². The Kier molecular flexibility index (Phi) is 7.48. The van der Waals surface area contributed by atoms with Crippen LogP contribution >= 0.6 is 30.3 Å². The maximum atomic E-state index is 13.5. The zero-order valence-corrected chi connectivity index (χ0v) is 21.3. The standard InChI is InChI=1S/C20H22IN6O6P/c1-12(20(28)30-2)26-34(29,33-14-5-3-13(21)4-6-14)31-9-15-7-8-16(32-15)27-11-25-17-18(22)23-10-24-19(17)27/h3-8,10-12,15-16H,9H2,1-2H3,(H,26,29)(H2,22,23,24)/t12?,15-,16+,34?/m0/s1. The second-order valence-electron chi connectivity index (χ2n) is 7.25. The molecule has 0 fully saturated rings. The molecule has 4 atom stereocenters. The number of nitrogen functional groups attached to an aromatic ring is 1. The van der Waals surface area contributed by atoms with Crippen LogP contribution in [0.4, 0.5) is 5.82 Å². The fourth-order valence-corrected chi connectivity index (χ4v) is 5.02. The average molecular weight is 600 g/mol. The molecule has 0 aliphatic carbocycles. The van der Waals surface area contributed by atoms with Crippen molar-refractivity contribution in [1.29, 1.82) is 0 Å². The van der Waals surface area contributed by atoms with Crippen molar-refractivity contribution in [3.8, 4) is 5.75 Å². The molecule has 14 heteroatoms. The number of aromatic nitrogens is 4. The maximum absolute atomic E-state index is 13.5. The lowest BCUT2D eigenvalue weighted by molar-refractivity contribution is -0.142. The topological polar surface area (TPSA) is 153 Å². The number of hydrogen-bond acceptors (Lipinski definition) is 10. The molecule has 1 aromatic carbocycles. The Balaban J connectivity index is 1.45. The smallest absolute Gasteiger partial charge is 0.459 e. The maximum Gasteiger partial charge on any atom is 0.459 e. The van der Waals surface area contributed by atoms with Gasteiger partial charge >= 0.3 is 13.7 Å². The molecule has 0 saturated heterocycles. The van der Waals surface area contributed by atoms with Gasteiger partial charge in [0.25, 0.3) is 0 Å². The number of nitrogens with one attached hydrogen (secondary N) is 1. The first kappa shape index (κ1) is 24.5. The van der Waals surface area contributed by atoms with Crippen molar-refractivity contribution < 1.29 is 27.9 Å². The molecular formula is C20H22IN6O6P. The third-order valence-electron chi connectivity index (χ3n) is 4.82. The van der Waals surface area contributed by atoms with Crippen LogP contribution in [0.1, 0.15) is 13.2 Å². The lowest BCUT2D eigenvalue weighted by atomic mass is 10.3. The van der Waals surface area contributed by atoms with Crippen LogP contribution in [0.2, 0.25) is 0 Å². The molecule has 3 heterocycles. The van der Waals surface area contributed by atoms with E-state index in [0.29, 0.717) is 16.9 Å².